The van der Waals surface area contributed by atoms with Gasteiger partial charge in [0.15, 0.2) is 0 Å². The summed E-state index contributed by atoms with van der Waals surface area (Å²) in [6, 6.07) is 10.6. The van der Waals surface area contributed by atoms with Crippen LogP contribution < -0.4 is 5.32 Å². The van der Waals surface area contributed by atoms with Crippen LogP contribution in [-0.4, -0.2) is 15.9 Å². The molecule has 0 unspecified atom stereocenters. The fourth-order valence-electron chi connectivity index (χ4n) is 2.10. The molecule has 0 amide bonds. The highest BCUT2D eigenvalue weighted by Gasteiger charge is 2.28. The molecule has 0 bridgehead atoms. The number of hydrogen-bond acceptors (Lipinski definition) is 4. The average molecular weight is 273 g/mol. The summed E-state index contributed by atoms with van der Waals surface area (Å²) >= 11 is 1.48. The van der Waals surface area contributed by atoms with Crippen LogP contribution in [0, 0.1) is 0 Å². The molecule has 1 N–H and O–H groups in total. The van der Waals surface area contributed by atoms with Gasteiger partial charge in [-0.05, 0) is 18.4 Å². The van der Waals surface area contributed by atoms with Crippen molar-refractivity contribution in [1.82, 2.24) is 9.36 Å². The molecule has 1 fully saturated rings. The van der Waals surface area contributed by atoms with Gasteiger partial charge in [0.2, 0.25) is 5.13 Å². The Morgan fingerprint density at radius 1 is 1.26 bits per heavy atom. The summed E-state index contributed by atoms with van der Waals surface area (Å²) in [4.78, 5) is 4.57. The van der Waals surface area contributed by atoms with Gasteiger partial charge in [0.25, 0.3) is 0 Å². The maximum Gasteiger partial charge on any atom is 0.202 e. The van der Waals surface area contributed by atoms with Crippen molar-refractivity contribution in [2.75, 3.05) is 11.9 Å². The van der Waals surface area contributed by atoms with Gasteiger partial charge < -0.3 is 5.32 Å². The molecule has 0 aliphatic heterocycles. The second-order valence-electron chi connectivity index (χ2n) is 5.84. The summed E-state index contributed by atoms with van der Waals surface area (Å²) in [7, 11) is 0. The van der Waals surface area contributed by atoms with Crippen LogP contribution in [0.3, 0.4) is 0 Å². The van der Waals surface area contributed by atoms with Gasteiger partial charge in [0.05, 0.1) is 0 Å². The Morgan fingerprint density at radius 2 is 2.00 bits per heavy atom. The maximum atomic E-state index is 4.57. The lowest BCUT2D eigenvalue weighted by Gasteiger charge is -2.25. The maximum absolute atomic E-state index is 4.57. The number of nitrogens with one attached hydrogen (secondary N) is 1. The Bertz CT molecular complexity index is 544. The highest BCUT2D eigenvalue weighted by Crippen LogP contribution is 2.39. The van der Waals surface area contributed by atoms with E-state index in [2.05, 4.69) is 58.9 Å². The molecule has 1 aliphatic carbocycles. The van der Waals surface area contributed by atoms with Gasteiger partial charge in [-0.1, -0.05) is 44.2 Å². The fourth-order valence-corrected chi connectivity index (χ4v) is 2.74. The predicted octanol–water partition coefficient (Wildman–Crippen LogP) is 3.81. The molecule has 4 heteroatoms. The molecule has 1 heterocycles. The summed E-state index contributed by atoms with van der Waals surface area (Å²) in [5.74, 6) is 1.67. The Morgan fingerprint density at radius 3 is 2.68 bits per heavy atom. The molecule has 0 saturated heterocycles. The van der Waals surface area contributed by atoms with Gasteiger partial charge in [0, 0.05) is 29.4 Å². The van der Waals surface area contributed by atoms with Crippen molar-refractivity contribution in [1.29, 1.82) is 0 Å². The van der Waals surface area contributed by atoms with Crippen molar-refractivity contribution in [3.63, 3.8) is 0 Å². The van der Waals surface area contributed by atoms with Gasteiger partial charge in [0.1, 0.15) is 5.82 Å². The van der Waals surface area contributed by atoms with Crippen LogP contribution in [0.15, 0.2) is 30.3 Å². The molecule has 1 saturated carbocycles. The van der Waals surface area contributed by atoms with Gasteiger partial charge in [-0.25, -0.2) is 4.98 Å². The lowest BCUT2D eigenvalue weighted by molar-refractivity contribution is 0.557. The molecule has 2 aromatic rings. The van der Waals surface area contributed by atoms with Crippen molar-refractivity contribution in [3.05, 3.63) is 41.7 Å². The lowest BCUT2D eigenvalue weighted by atomic mass is 9.85. The Kier molecular flexibility index (Phi) is 3.27. The number of hydrogen-bond donors (Lipinski definition) is 1. The van der Waals surface area contributed by atoms with Crippen LogP contribution >= 0.6 is 11.5 Å². The smallest absolute Gasteiger partial charge is 0.202 e. The third kappa shape index (κ3) is 2.95. The summed E-state index contributed by atoms with van der Waals surface area (Å²) in [6.07, 6.45) is 2.51. The Labute approximate surface area is 118 Å². The molecule has 1 aromatic carbocycles. The third-order valence-corrected chi connectivity index (χ3v) is 4.31. The summed E-state index contributed by atoms with van der Waals surface area (Å²) in [5, 5.41) is 4.38. The minimum Gasteiger partial charge on any atom is -0.359 e. The van der Waals surface area contributed by atoms with E-state index in [4.69, 9.17) is 0 Å². The normalized spacial score (nSPS) is 15.5. The lowest BCUT2D eigenvalue weighted by Crippen LogP contribution is -2.27. The van der Waals surface area contributed by atoms with Crippen LogP contribution in [0.4, 0.5) is 5.13 Å². The van der Waals surface area contributed by atoms with E-state index in [-0.39, 0.29) is 5.41 Å². The molecule has 0 spiro atoms. The number of aromatic nitrogens is 2. The van der Waals surface area contributed by atoms with Gasteiger partial charge in [-0.3, -0.25) is 0 Å². The first-order chi connectivity index (χ1) is 9.15. The molecular weight excluding hydrogens is 254 g/mol. The third-order valence-electron chi connectivity index (χ3n) is 3.62. The van der Waals surface area contributed by atoms with E-state index in [9.17, 15) is 0 Å². The molecule has 19 heavy (non-hydrogen) atoms. The van der Waals surface area contributed by atoms with Gasteiger partial charge in [-0.15, -0.1) is 0 Å². The molecule has 3 nitrogen and oxygen atoms in total. The van der Waals surface area contributed by atoms with E-state index in [1.54, 1.807) is 0 Å². The molecule has 100 valence electrons. The predicted molar refractivity (Wildman–Crippen MR) is 79.8 cm³/mol. The quantitative estimate of drug-likeness (QED) is 0.900. The largest absolute Gasteiger partial charge is 0.359 e. The topological polar surface area (TPSA) is 37.8 Å². The number of nitrogens with zero attached hydrogens (tertiary/aromatic N) is 2. The van der Waals surface area contributed by atoms with Crippen molar-refractivity contribution in [2.45, 2.75) is 38.0 Å². The van der Waals surface area contributed by atoms with Crippen molar-refractivity contribution >= 4 is 16.7 Å². The van der Waals surface area contributed by atoms with E-state index < -0.39 is 0 Å². The first-order valence-electron chi connectivity index (χ1n) is 6.78. The van der Waals surface area contributed by atoms with Gasteiger partial charge >= 0.3 is 0 Å². The molecule has 3 rings (SSSR count). The molecule has 0 atom stereocenters. The zero-order chi connectivity index (χ0) is 13.3. The Balaban J connectivity index is 1.64. The SMILES string of the molecule is CC(C)(CNc1nc(C2CC2)ns1)c1ccccc1. The van der Waals surface area contributed by atoms with Crippen molar-refractivity contribution in [2.24, 2.45) is 0 Å². The minimum atomic E-state index is 0.0900. The monoisotopic (exact) mass is 273 g/mol. The summed E-state index contributed by atoms with van der Waals surface area (Å²) in [5.41, 5.74) is 1.43. The minimum absolute atomic E-state index is 0.0900. The second kappa shape index (κ2) is 4.93. The molecular formula is C15H19N3S. The van der Waals surface area contributed by atoms with Gasteiger partial charge in [-0.2, -0.15) is 4.37 Å². The Hall–Kier alpha value is -1.42. The highest BCUT2D eigenvalue weighted by molar-refractivity contribution is 7.09. The fraction of sp³-hybridized carbons (Fsp3) is 0.467. The summed E-state index contributed by atoms with van der Waals surface area (Å²) in [6.45, 7) is 5.37. The number of rotatable bonds is 5. The first-order valence-corrected chi connectivity index (χ1v) is 7.55. The summed E-state index contributed by atoms with van der Waals surface area (Å²) < 4.78 is 4.42. The first kappa shape index (κ1) is 12.6. The zero-order valence-electron chi connectivity index (χ0n) is 11.4. The van der Waals surface area contributed by atoms with E-state index in [0.717, 1.165) is 17.5 Å². The van der Waals surface area contributed by atoms with E-state index in [1.165, 1.54) is 29.9 Å². The molecule has 1 aliphatic rings. The van der Waals surface area contributed by atoms with E-state index >= 15 is 0 Å². The second-order valence-corrected chi connectivity index (χ2v) is 6.59. The van der Waals surface area contributed by atoms with Crippen molar-refractivity contribution in [3.8, 4) is 0 Å². The highest BCUT2D eigenvalue weighted by atomic mass is 32.1. The number of anilines is 1. The van der Waals surface area contributed by atoms with Crippen LogP contribution in [0.25, 0.3) is 0 Å². The standard InChI is InChI=1S/C15H19N3S/c1-15(2,12-6-4-3-5-7-12)10-16-14-17-13(18-19-14)11-8-9-11/h3-7,11H,8-10H2,1-2H3,(H,16,17,18). The van der Waals surface area contributed by atoms with Crippen LogP contribution in [0.5, 0.6) is 0 Å². The van der Waals surface area contributed by atoms with Crippen molar-refractivity contribution < 1.29 is 0 Å². The molecule has 1 aromatic heterocycles. The van der Waals surface area contributed by atoms with Crippen LogP contribution in [-0.2, 0) is 5.41 Å². The average Bonchev–Trinajstić information content (AvgIpc) is 3.17. The van der Waals surface area contributed by atoms with Crippen LogP contribution in [0.2, 0.25) is 0 Å². The molecule has 0 radical (unpaired) electrons. The van der Waals surface area contributed by atoms with E-state index in [1.807, 2.05) is 0 Å². The van der Waals surface area contributed by atoms with E-state index in [0.29, 0.717) is 5.92 Å². The zero-order valence-corrected chi connectivity index (χ0v) is 12.2. The number of benzene rings is 1. The van der Waals surface area contributed by atoms with Crippen LogP contribution in [0.1, 0.15) is 44.0 Å².